The maximum atomic E-state index is 12.2. The fourth-order valence-corrected chi connectivity index (χ4v) is 4.19. The van der Waals surface area contributed by atoms with Crippen molar-refractivity contribution in [3.05, 3.63) is 62.1 Å². The zero-order valence-corrected chi connectivity index (χ0v) is 19.0. The molecule has 4 nitrogen and oxygen atoms in total. The highest BCUT2D eigenvalue weighted by Gasteiger charge is 2.17. The van der Waals surface area contributed by atoms with Gasteiger partial charge in [-0.15, -0.1) is 0 Å². The Bertz CT molecular complexity index is 831. The molecule has 1 N–H and O–H groups in total. The average Bonchev–Trinajstić information content (AvgIpc) is 2.67. The van der Waals surface area contributed by atoms with Gasteiger partial charge in [-0.2, -0.15) is 0 Å². The molecule has 0 spiro atoms. The van der Waals surface area contributed by atoms with Crippen LogP contribution in [0.2, 0.25) is 20.1 Å². The van der Waals surface area contributed by atoms with Crippen LogP contribution in [-0.2, 0) is 11.3 Å². The number of nitrogens with zero attached hydrogens (tertiary/aromatic N) is 2. The Hall–Kier alpha value is -1.01. The second kappa shape index (κ2) is 10.9. The van der Waals surface area contributed by atoms with Crippen molar-refractivity contribution in [2.75, 3.05) is 38.0 Å². The van der Waals surface area contributed by atoms with E-state index in [1.54, 1.807) is 12.1 Å². The maximum absolute atomic E-state index is 12.2. The Kier molecular flexibility index (Phi) is 8.48. The summed E-state index contributed by atoms with van der Waals surface area (Å²) in [6.07, 6.45) is 1.25. The van der Waals surface area contributed by atoms with E-state index >= 15 is 0 Å². The maximum Gasteiger partial charge on any atom is 0.224 e. The van der Waals surface area contributed by atoms with E-state index in [9.17, 15) is 4.79 Å². The minimum absolute atomic E-state index is 0.0564. The zero-order valence-electron chi connectivity index (χ0n) is 15.9. The third-order valence-corrected chi connectivity index (χ3v) is 6.34. The van der Waals surface area contributed by atoms with Gasteiger partial charge >= 0.3 is 0 Å². The molecule has 1 saturated heterocycles. The molecule has 156 valence electrons. The highest BCUT2D eigenvalue weighted by molar-refractivity contribution is 6.48. The summed E-state index contributed by atoms with van der Waals surface area (Å²) in [5.41, 5.74) is 1.80. The Morgan fingerprint density at radius 3 is 2.24 bits per heavy atom. The minimum Gasteiger partial charge on any atom is -0.326 e. The second-order valence-corrected chi connectivity index (χ2v) is 8.78. The summed E-state index contributed by atoms with van der Waals surface area (Å²) < 4.78 is 0. The van der Waals surface area contributed by atoms with E-state index in [2.05, 4.69) is 21.2 Å². The van der Waals surface area contributed by atoms with E-state index < -0.39 is 0 Å². The standard InChI is InChI=1S/C21H23Cl4N3O/c22-16-4-1-3-15(11-16)14-28-9-7-27(8-10-28)6-2-5-20(29)26-17-12-18(23)21(25)19(24)13-17/h1,3-4,11-13H,2,5-10,14H2,(H,26,29). The van der Waals surface area contributed by atoms with Crippen molar-refractivity contribution in [2.45, 2.75) is 19.4 Å². The monoisotopic (exact) mass is 473 g/mol. The number of amides is 1. The Morgan fingerprint density at radius 1 is 0.931 bits per heavy atom. The second-order valence-electron chi connectivity index (χ2n) is 7.15. The molecule has 0 atom stereocenters. The number of anilines is 1. The van der Waals surface area contributed by atoms with Crippen molar-refractivity contribution in [1.82, 2.24) is 9.80 Å². The van der Waals surface area contributed by atoms with Gasteiger partial charge in [0.05, 0.1) is 15.1 Å². The van der Waals surface area contributed by atoms with Gasteiger partial charge < -0.3 is 10.2 Å². The van der Waals surface area contributed by atoms with Crippen LogP contribution in [0.1, 0.15) is 18.4 Å². The fraction of sp³-hybridized carbons (Fsp3) is 0.381. The van der Waals surface area contributed by atoms with Crippen LogP contribution < -0.4 is 5.32 Å². The van der Waals surface area contributed by atoms with Crippen LogP contribution in [0, 0.1) is 0 Å². The number of hydrogen-bond donors (Lipinski definition) is 1. The van der Waals surface area contributed by atoms with E-state index in [0.29, 0.717) is 27.2 Å². The van der Waals surface area contributed by atoms with Crippen molar-refractivity contribution in [1.29, 1.82) is 0 Å². The summed E-state index contributed by atoms with van der Waals surface area (Å²) in [5.74, 6) is -0.0564. The van der Waals surface area contributed by atoms with Crippen molar-refractivity contribution in [2.24, 2.45) is 0 Å². The number of halogens is 4. The van der Waals surface area contributed by atoms with Gasteiger partial charge in [0.2, 0.25) is 5.91 Å². The molecule has 1 aliphatic rings. The zero-order chi connectivity index (χ0) is 20.8. The predicted octanol–water partition coefficient (Wildman–Crippen LogP) is 5.84. The molecule has 1 heterocycles. The van der Waals surface area contributed by atoms with Gasteiger partial charge in [0.1, 0.15) is 0 Å². The lowest BCUT2D eigenvalue weighted by Crippen LogP contribution is -2.46. The molecule has 1 aliphatic heterocycles. The smallest absolute Gasteiger partial charge is 0.224 e. The number of carbonyl (C=O) groups is 1. The highest BCUT2D eigenvalue weighted by Crippen LogP contribution is 2.33. The van der Waals surface area contributed by atoms with Crippen LogP contribution in [0.15, 0.2) is 36.4 Å². The minimum atomic E-state index is -0.0564. The molecule has 0 unspecified atom stereocenters. The quantitative estimate of drug-likeness (QED) is 0.512. The molecule has 29 heavy (non-hydrogen) atoms. The summed E-state index contributed by atoms with van der Waals surface area (Å²) in [6.45, 7) is 5.86. The normalized spacial score (nSPS) is 15.4. The Morgan fingerprint density at radius 2 is 1.59 bits per heavy atom. The first-order chi connectivity index (χ1) is 13.9. The van der Waals surface area contributed by atoms with Crippen LogP contribution in [0.25, 0.3) is 0 Å². The molecule has 1 fully saturated rings. The molecule has 2 aromatic carbocycles. The lowest BCUT2D eigenvalue weighted by molar-refractivity contribution is -0.116. The number of benzene rings is 2. The number of piperazine rings is 1. The average molecular weight is 475 g/mol. The largest absolute Gasteiger partial charge is 0.326 e. The van der Waals surface area contributed by atoms with Crippen LogP contribution in [-0.4, -0.2) is 48.4 Å². The highest BCUT2D eigenvalue weighted by atomic mass is 35.5. The van der Waals surface area contributed by atoms with E-state index in [-0.39, 0.29) is 5.91 Å². The molecule has 0 radical (unpaired) electrons. The lowest BCUT2D eigenvalue weighted by atomic mass is 10.2. The Labute approximate surface area is 191 Å². The van der Waals surface area contributed by atoms with Gasteiger partial charge in [-0.3, -0.25) is 9.69 Å². The summed E-state index contributed by atoms with van der Waals surface area (Å²) in [6, 6.07) is 11.2. The van der Waals surface area contributed by atoms with Crippen LogP contribution >= 0.6 is 46.4 Å². The van der Waals surface area contributed by atoms with Crippen molar-refractivity contribution < 1.29 is 4.79 Å². The third-order valence-electron chi connectivity index (χ3n) is 4.91. The molecule has 3 rings (SSSR count). The first-order valence-corrected chi connectivity index (χ1v) is 11.1. The van der Waals surface area contributed by atoms with Gasteiger partial charge in [0, 0.05) is 49.9 Å². The topological polar surface area (TPSA) is 35.6 Å². The molecule has 0 bridgehead atoms. The summed E-state index contributed by atoms with van der Waals surface area (Å²) in [4.78, 5) is 17.0. The first-order valence-electron chi connectivity index (χ1n) is 9.54. The molecule has 1 amide bonds. The molecule has 0 aromatic heterocycles. The molecule has 0 saturated carbocycles. The molecule has 8 heteroatoms. The van der Waals surface area contributed by atoms with Gasteiger partial charge in [0.25, 0.3) is 0 Å². The fourth-order valence-electron chi connectivity index (χ4n) is 3.38. The van der Waals surface area contributed by atoms with Gasteiger partial charge in [-0.25, -0.2) is 0 Å². The SMILES string of the molecule is O=C(CCCN1CCN(Cc2cccc(Cl)c2)CC1)Nc1cc(Cl)c(Cl)c(Cl)c1. The summed E-state index contributed by atoms with van der Waals surface area (Å²) >= 11 is 24.0. The summed E-state index contributed by atoms with van der Waals surface area (Å²) in [7, 11) is 0. The van der Waals surface area contributed by atoms with Crippen LogP contribution in [0.4, 0.5) is 5.69 Å². The number of rotatable bonds is 7. The molecule has 2 aromatic rings. The van der Waals surface area contributed by atoms with E-state index in [0.717, 1.165) is 50.7 Å². The summed E-state index contributed by atoms with van der Waals surface area (Å²) in [5, 5.41) is 4.54. The molecule has 0 aliphatic carbocycles. The Balaban J connectivity index is 1.36. The van der Waals surface area contributed by atoms with Crippen molar-refractivity contribution in [3.8, 4) is 0 Å². The molecular weight excluding hydrogens is 452 g/mol. The van der Waals surface area contributed by atoms with E-state index in [1.807, 2.05) is 18.2 Å². The molecular formula is C21H23Cl4N3O. The predicted molar refractivity (Wildman–Crippen MR) is 123 cm³/mol. The van der Waals surface area contributed by atoms with E-state index in [1.165, 1.54) is 5.56 Å². The van der Waals surface area contributed by atoms with Gasteiger partial charge in [0.15, 0.2) is 0 Å². The van der Waals surface area contributed by atoms with Crippen molar-refractivity contribution in [3.63, 3.8) is 0 Å². The lowest BCUT2D eigenvalue weighted by Gasteiger charge is -2.34. The number of carbonyl (C=O) groups excluding carboxylic acids is 1. The first kappa shape index (κ1) is 22.7. The van der Waals surface area contributed by atoms with Crippen LogP contribution in [0.5, 0.6) is 0 Å². The number of nitrogens with one attached hydrogen (secondary N) is 1. The van der Waals surface area contributed by atoms with Crippen LogP contribution in [0.3, 0.4) is 0 Å². The van der Waals surface area contributed by atoms with Crippen molar-refractivity contribution >= 4 is 58.0 Å². The van der Waals surface area contributed by atoms with E-state index in [4.69, 9.17) is 46.4 Å². The third kappa shape index (κ3) is 7.02. The van der Waals surface area contributed by atoms with Gasteiger partial charge in [-0.05, 0) is 42.8 Å². The van der Waals surface area contributed by atoms with Gasteiger partial charge in [-0.1, -0.05) is 58.5 Å². The number of hydrogen-bond acceptors (Lipinski definition) is 3.